The Morgan fingerprint density at radius 2 is 1.77 bits per heavy atom. The van der Waals surface area contributed by atoms with E-state index in [2.05, 4.69) is 33.5 Å². The van der Waals surface area contributed by atoms with Gasteiger partial charge in [-0.3, -0.25) is 14.8 Å². The molecule has 0 aliphatic carbocycles. The quantitative estimate of drug-likeness (QED) is 0.687. The maximum Gasteiger partial charge on any atom is 0.124 e. The maximum atomic E-state index is 6.21. The lowest BCUT2D eigenvalue weighted by molar-refractivity contribution is 0.244. The van der Waals surface area contributed by atoms with Crippen LogP contribution in [-0.2, 0) is 13.1 Å². The topological polar surface area (TPSA) is 28.6 Å². The van der Waals surface area contributed by atoms with Crippen molar-refractivity contribution in [1.29, 1.82) is 0 Å². The fourth-order valence-corrected chi connectivity index (χ4v) is 3.48. The first-order valence-electron chi connectivity index (χ1n) is 9.10. The predicted molar refractivity (Wildman–Crippen MR) is 107 cm³/mol. The first-order valence-corrected chi connectivity index (χ1v) is 9.48. The molecule has 1 aliphatic heterocycles. The standard InChI is InChI=1S/C21H26ClN3O/c1-2-14-26-21-5-4-20(22)15-19(21)17-25-11-3-10-24(12-13-25)16-18-6-8-23-9-7-18/h2,4-9,15H,1,3,10-14,16-17H2. The van der Waals surface area contributed by atoms with Gasteiger partial charge in [0.15, 0.2) is 0 Å². The van der Waals surface area contributed by atoms with E-state index in [0.29, 0.717) is 6.61 Å². The van der Waals surface area contributed by atoms with Gasteiger partial charge in [0.2, 0.25) is 0 Å². The van der Waals surface area contributed by atoms with Crippen LogP contribution in [0.25, 0.3) is 0 Å². The highest BCUT2D eigenvalue weighted by Gasteiger charge is 2.17. The number of hydrogen-bond acceptors (Lipinski definition) is 4. The van der Waals surface area contributed by atoms with E-state index in [9.17, 15) is 0 Å². The Bertz CT molecular complexity index is 708. The molecule has 1 aliphatic rings. The fourth-order valence-electron chi connectivity index (χ4n) is 3.29. The van der Waals surface area contributed by atoms with Gasteiger partial charge >= 0.3 is 0 Å². The minimum atomic E-state index is 0.508. The van der Waals surface area contributed by atoms with Crippen molar-refractivity contribution in [3.05, 3.63) is 71.5 Å². The number of ether oxygens (including phenoxy) is 1. The van der Waals surface area contributed by atoms with Gasteiger partial charge in [0.25, 0.3) is 0 Å². The molecule has 2 aromatic rings. The first kappa shape index (κ1) is 18.9. The summed E-state index contributed by atoms with van der Waals surface area (Å²) in [6.07, 6.45) is 6.66. The Hall–Kier alpha value is -1.88. The van der Waals surface area contributed by atoms with E-state index < -0.39 is 0 Å². The van der Waals surface area contributed by atoms with Crippen molar-refractivity contribution in [3.8, 4) is 5.75 Å². The lowest BCUT2D eigenvalue weighted by Crippen LogP contribution is -2.30. The molecule has 1 fully saturated rings. The largest absolute Gasteiger partial charge is 0.489 e. The number of hydrogen-bond donors (Lipinski definition) is 0. The van der Waals surface area contributed by atoms with Gasteiger partial charge in [-0.1, -0.05) is 24.3 Å². The Kier molecular flexibility index (Phi) is 7.06. The van der Waals surface area contributed by atoms with Crippen LogP contribution in [0.3, 0.4) is 0 Å². The summed E-state index contributed by atoms with van der Waals surface area (Å²) >= 11 is 6.21. The van der Waals surface area contributed by atoms with Crippen LogP contribution in [0.15, 0.2) is 55.4 Å². The highest BCUT2D eigenvalue weighted by molar-refractivity contribution is 6.30. The molecule has 0 spiro atoms. The van der Waals surface area contributed by atoms with Crippen LogP contribution in [-0.4, -0.2) is 47.6 Å². The molecule has 2 heterocycles. The maximum absolute atomic E-state index is 6.21. The molecule has 3 rings (SSSR count). The van der Waals surface area contributed by atoms with E-state index in [0.717, 1.165) is 62.0 Å². The zero-order valence-corrected chi connectivity index (χ0v) is 15.9. The average Bonchev–Trinajstić information content (AvgIpc) is 2.87. The molecule has 0 unspecified atom stereocenters. The van der Waals surface area contributed by atoms with Gasteiger partial charge < -0.3 is 4.74 Å². The number of pyridine rings is 1. The van der Waals surface area contributed by atoms with Gasteiger partial charge in [0.1, 0.15) is 12.4 Å². The Morgan fingerprint density at radius 3 is 2.50 bits per heavy atom. The molecule has 4 nitrogen and oxygen atoms in total. The Labute approximate surface area is 161 Å². The molecule has 0 bridgehead atoms. The summed E-state index contributed by atoms with van der Waals surface area (Å²) in [7, 11) is 0. The SMILES string of the molecule is C=CCOc1ccc(Cl)cc1CN1CCCN(Cc2ccncc2)CC1. The summed E-state index contributed by atoms with van der Waals surface area (Å²) < 4.78 is 5.79. The Balaban J connectivity index is 1.59. The predicted octanol–water partition coefficient (Wildman–Crippen LogP) is 4.01. The highest BCUT2D eigenvalue weighted by Crippen LogP contribution is 2.25. The van der Waals surface area contributed by atoms with Crippen molar-refractivity contribution in [2.24, 2.45) is 0 Å². The summed E-state index contributed by atoms with van der Waals surface area (Å²) in [5.41, 5.74) is 2.46. The van der Waals surface area contributed by atoms with E-state index in [-0.39, 0.29) is 0 Å². The molecular formula is C21H26ClN3O. The van der Waals surface area contributed by atoms with Crippen LogP contribution in [0.1, 0.15) is 17.5 Å². The number of nitrogens with zero attached hydrogens (tertiary/aromatic N) is 3. The normalized spacial score (nSPS) is 16.2. The van der Waals surface area contributed by atoms with Crippen molar-refractivity contribution in [3.63, 3.8) is 0 Å². The number of benzene rings is 1. The van der Waals surface area contributed by atoms with Crippen molar-refractivity contribution in [1.82, 2.24) is 14.8 Å². The summed E-state index contributed by atoms with van der Waals surface area (Å²) in [5.74, 6) is 0.896. The van der Waals surface area contributed by atoms with Gasteiger partial charge in [0, 0.05) is 49.2 Å². The number of halogens is 1. The molecule has 1 saturated heterocycles. The molecule has 0 amide bonds. The van der Waals surface area contributed by atoms with Crippen molar-refractivity contribution in [2.45, 2.75) is 19.5 Å². The van der Waals surface area contributed by atoms with Gasteiger partial charge in [-0.25, -0.2) is 0 Å². The van der Waals surface area contributed by atoms with E-state index in [4.69, 9.17) is 16.3 Å². The molecular weight excluding hydrogens is 346 g/mol. The summed E-state index contributed by atoms with van der Waals surface area (Å²) in [4.78, 5) is 9.10. The zero-order chi connectivity index (χ0) is 18.2. The third-order valence-corrected chi connectivity index (χ3v) is 4.84. The molecule has 1 aromatic carbocycles. The van der Waals surface area contributed by atoms with Crippen LogP contribution in [0.2, 0.25) is 5.02 Å². The molecule has 0 N–H and O–H groups in total. The first-order chi connectivity index (χ1) is 12.7. The second kappa shape index (κ2) is 9.72. The molecule has 138 valence electrons. The van der Waals surface area contributed by atoms with E-state index in [1.165, 1.54) is 5.56 Å². The van der Waals surface area contributed by atoms with Crippen LogP contribution >= 0.6 is 11.6 Å². The molecule has 0 atom stereocenters. The average molecular weight is 372 g/mol. The second-order valence-electron chi connectivity index (χ2n) is 6.61. The van der Waals surface area contributed by atoms with Crippen LogP contribution in [0.5, 0.6) is 5.75 Å². The van der Waals surface area contributed by atoms with Gasteiger partial charge in [-0.05, 0) is 55.4 Å². The van der Waals surface area contributed by atoms with Crippen LogP contribution < -0.4 is 4.74 Å². The lowest BCUT2D eigenvalue weighted by Gasteiger charge is -2.23. The van der Waals surface area contributed by atoms with E-state index in [1.54, 1.807) is 6.08 Å². The van der Waals surface area contributed by atoms with E-state index in [1.807, 2.05) is 30.6 Å². The van der Waals surface area contributed by atoms with Crippen molar-refractivity contribution in [2.75, 3.05) is 32.8 Å². The summed E-state index contributed by atoms with van der Waals surface area (Å²) in [5, 5.41) is 0.750. The minimum Gasteiger partial charge on any atom is -0.489 e. The molecule has 26 heavy (non-hydrogen) atoms. The van der Waals surface area contributed by atoms with Gasteiger partial charge in [-0.15, -0.1) is 0 Å². The summed E-state index contributed by atoms with van der Waals surface area (Å²) in [6.45, 7) is 10.4. The number of rotatable bonds is 7. The Morgan fingerprint density at radius 1 is 1.04 bits per heavy atom. The number of aromatic nitrogens is 1. The van der Waals surface area contributed by atoms with Gasteiger partial charge in [-0.2, -0.15) is 0 Å². The molecule has 0 saturated carbocycles. The van der Waals surface area contributed by atoms with E-state index >= 15 is 0 Å². The van der Waals surface area contributed by atoms with Crippen molar-refractivity contribution >= 4 is 11.6 Å². The summed E-state index contributed by atoms with van der Waals surface area (Å²) in [6, 6.07) is 10.0. The van der Waals surface area contributed by atoms with Crippen molar-refractivity contribution < 1.29 is 4.74 Å². The third-order valence-electron chi connectivity index (χ3n) is 4.61. The van der Waals surface area contributed by atoms with Gasteiger partial charge in [0.05, 0.1) is 0 Å². The zero-order valence-electron chi connectivity index (χ0n) is 15.1. The third kappa shape index (κ3) is 5.56. The van der Waals surface area contributed by atoms with Crippen LogP contribution in [0, 0.1) is 0 Å². The minimum absolute atomic E-state index is 0.508. The molecule has 5 heteroatoms. The lowest BCUT2D eigenvalue weighted by atomic mass is 10.2. The second-order valence-corrected chi connectivity index (χ2v) is 7.05. The van der Waals surface area contributed by atoms with Crippen LogP contribution in [0.4, 0.5) is 0 Å². The smallest absolute Gasteiger partial charge is 0.124 e. The highest BCUT2D eigenvalue weighted by atomic mass is 35.5. The molecule has 0 radical (unpaired) electrons. The molecule has 1 aromatic heterocycles. The monoisotopic (exact) mass is 371 g/mol. The fraction of sp³-hybridized carbons (Fsp3) is 0.381.